The molecule has 3 amide bonds. The van der Waals surface area contributed by atoms with Crippen LogP contribution in [0.2, 0.25) is 0 Å². The number of aliphatic hydroxyl groups is 3. The minimum Gasteiger partial charge on any atom is -0.481 e. The smallest absolute Gasteiger partial charge is 0.303 e. The zero-order valence-electron chi connectivity index (χ0n) is 62.4. The van der Waals surface area contributed by atoms with Crippen molar-refractivity contribution < 1.29 is 63.6 Å². The van der Waals surface area contributed by atoms with Crippen molar-refractivity contribution in [2.24, 2.45) is 39.5 Å². The first-order valence-electron chi connectivity index (χ1n) is 35.6. The number of nitrogens with zero attached hydrogens (tertiary/aromatic N) is 6. The van der Waals surface area contributed by atoms with Gasteiger partial charge in [0.25, 0.3) is 0 Å². The molecular weight excluding hydrogens is 1370 g/mol. The highest BCUT2D eigenvalue weighted by atomic mass is 32.1. The topological polar surface area (TPSA) is 335 Å². The molecule has 3 fully saturated rings. The van der Waals surface area contributed by atoms with E-state index < -0.39 is 76.5 Å². The lowest BCUT2D eigenvalue weighted by Crippen LogP contribution is -2.53. The molecule has 0 spiro atoms. The maximum Gasteiger partial charge on any atom is 0.303 e. The van der Waals surface area contributed by atoms with E-state index in [0.717, 1.165) is 65.1 Å². The van der Waals surface area contributed by atoms with Gasteiger partial charge in [-0.25, -0.2) is 15.0 Å². The van der Waals surface area contributed by atoms with Crippen LogP contribution in [0.4, 0.5) is 0 Å². The third-order valence-electron chi connectivity index (χ3n) is 19.3. The SMILES string of the molecule is CCC(=O)C[C@H](C(=O)N1C[C@H](O)C[C@H]1C(=O)CCc1ccc(-c2scnc2C)cc1)C(C)(C)C.CCC(=O)O.Cc1ncsc1-c1ccc(CCC(=O)[C@@H]2C[C@@H](O)CN2C(=O)[C@@H](CC(=O)CN)C(C)(C)C)cc1.Cc1ncsc1-c1ccc(CCC(=O)[C@@H]2C[C@@H](O)CN2C(=O)[C@@H](N)C(C)(C)C)cc1. The van der Waals surface area contributed by atoms with Crippen LogP contribution in [0.15, 0.2) is 89.3 Å². The van der Waals surface area contributed by atoms with E-state index in [-0.39, 0.29) is 118 Å². The predicted molar refractivity (Wildman–Crippen MR) is 405 cm³/mol. The molecule has 0 unspecified atom stereocenters. The van der Waals surface area contributed by atoms with Crippen molar-refractivity contribution >= 4 is 86.6 Å². The first-order chi connectivity index (χ1) is 48.4. The number of ketones is 5. The van der Waals surface area contributed by atoms with Crippen molar-refractivity contribution in [1.82, 2.24) is 29.7 Å². The van der Waals surface area contributed by atoms with Gasteiger partial charge in [-0.1, -0.05) is 149 Å². The number of thiazole rings is 3. The molecule has 0 bridgehead atoms. The van der Waals surface area contributed by atoms with Crippen molar-refractivity contribution in [3.63, 3.8) is 0 Å². The number of aromatic nitrogens is 3. The fraction of sp³-hybridized carbons (Fsp3) is 0.544. The lowest BCUT2D eigenvalue weighted by Gasteiger charge is -2.34. The molecule has 9 atom stereocenters. The van der Waals surface area contributed by atoms with E-state index in [2.05, 4.69) is 27.1 Å². The maximum atomic E-state index is 13.5. The first-order valence-corrected chi connectivity index (χ1v) is 38.2. The Hall–Kier alpha value is -7.42. The van der Waals surface area contributed by atoms with Crippen molar-refractivity contribution in [2.45, 2.75) is 223 Å². The highest BCUT2D eigenvalue weighted by Crippen LogP contribution is 2.37. The standard InChI is InChI=1S/C27H36N2O4S.C26H35N3O4S.C23H31N3O3S.C3H6O2/c1-6-20(30)13-22(27(3,4)5)26(33)29-15-21(31)14-23(29)24(32)12-9-18-7-10-19(11-8-18)25-17(2)28-16-34-25;1-16-24(34-15-28-16)18-8-5-17(6-9-18)7-10-23(32)22-12-20(31)14-29(22)25(33)21(26(2,3)4)11-19(30)13-27;1-14-20(30-13-25-14)16-8-5-15(6-9-16)7-10-19(28)18-11-17(27)12-26(18)22(29)21(24)23(2,3)4;1-2-3(4)5/h7-8,10-11,16,21-23,31H,6,9,12-15H2,1-5H3;5-6,8-9,15,20-22,31H,7,10-14,27H2,1-4H3;5-6,8-9,13,17-18,21,27H,7,10-12,24H2,1-4H3;2H2,1H3,(H,4,5)/t21-,22-,23+;20-,21-,22+;17-,18+,21-;/m111./s1. The number of carbonyl (C=O) groups is 9. The van der Waals surface area contributed by atoms with Gasteiger partial charge in [-0.2, -0.15) is 0 Å². The number of aliphatic carboxylic acids is 1. The van der Waals surface area contributed by atoms with Gasteiger partial charge in [0.05, 0.1) is 97.3 Å². The summed E-state index contributed by atoms with van der Waals surface area (Å²) in [4.78, 5) is 133. The van der Waals surface area contributed by atoms with Crippen LogP contribution in [0.5, 0.6) is 0 Å². The maximum absolute atomic E-state index is 13.5. The number of benzene rings is 3. The molecule has 3 aliphatic rings. The summed E-state index contributed by atoms with van der Waals surface area (Å²) in [5.41, 5.74) is 25.3. The van der Waals surface area contributed by atoms with Crippen LogP contribution in [0, 0.1) is 48.9 Å². The highest BCUT2D eigenvalue weighted by Gasteiger charge is 2.47. The van der Waals surface area contributed by atoms with Gasteiger partial charge in [0.1, 0.15) is 11.6 Å². The molecule has 21 nitrogen and oxygen atoms in total. The number of amides is 3. The van der Waals surface area contributed by atoms with Crippen LogP contribution < -0.4 is 11.5 Å². The highest BCUT2D eigenvalue weighted by molar-refractivity contribution is 7.14. The van der Waals surface area contributed by atoms with Gasteiger partial charge in [-0.05, 0) is 89.7 Å². The molecule has 3 aromatic carbocycles. The Bertz CT molecular complexity index is 3680. The Kier molecular flexibility index (Phi) is 31.2. The van der Waals surface area contributed by atoms with Crippen molar-refractivity contribution in [3.8, 4) is 31.3 Å². The molecule has 3 saturated heterocycles. The van der Waals surface area contributed by atoms with E-state index >= 15 is 0 Å². The second kappa shape index (κ2) is 38.0. The Morgan fingerprint density at radius 3 is 0.981 bits per heavy atom. The molecule has 0 saturated carbocycles. The van der Waals surface area contributed by atoms with E-state index in [4.69, 9.17) is 16.6 Å². The molecule has 3 aliphatic heterocycles. The molecular formula is C79H108N8O13S3. The van der Waals surface area contributed by atoms with Crippen LogP contribution in [0.1, 0.15) is 174 Å². The molecule has 560 valence electrons. The van der Waals surface area contributed by atoms with E-state index in [1.165, 1.54) is 14.7 Å². The number of aryl methyl sites for hydroxylation is 6. The van der Waals surface area contributed by atoms with E-state index in [1.54, 1.807) is 47.9 Å². The van der Waals surface area contributed by atoms with E-state index in [1.807, 2.05) is 160 Å². The lowest BCUT2D eigenvalue weighted by molar-refractivity contribution is -0.145. The number of nitrogens with two attached hydrogens (primary N) is 2. The van der Waals surface area contributed by atoms with Crippen molar-refractivity contribution in [3.05, 3.63) is 123 Å². The number of β-amino-alcohol motifs (C(OH)–C–C–N with tert-alkyl or cyclic N) is 3. The molecule has 0 aliphatic carbocycles. The second-order valence-corrected chi connectivity index (χ2v) is 33.0. The summed E-state index contributed by atoms with van der Waals surface area (Å²) >= 11 is 4.82. The van der Waals surface area contributed by atoms with Gasteiger partial charge >= 0.3 is 5.97 Å². The molecule has 6 heterocycles. The van der Waals surface area contributed by atoms with Crippen LogP contribution in [0.25, 0.3) is 31.3 Å². The number of rotatable bonds is 25. The minimum atomic E-state index is -0.745. The zero-order valence-corrected chi connectivity index (χ0v) is 64.9. The molecule has 0 radical (unpaired) electrons. The summed E-state index contributed by atoms with van der Waals surface area (Å²) < 4.78 is 0. The monoisotopic (exact) mass is 1470 g/mol. The summed E-state index contributed by atoms with van der Waals surface area (Å²) in [7, 11) is 0. The second-order valence-electron chi connectivity index (χ2n) is 30.4. The van der Waals surface area contributed by atoms with Crippen molar-refractivity contribution in [2.75, 3.05) is 26.2 Å². The molecule has 3 aromatic heterocycles. The zero-order chi connectivity index (χ0) is 76.4. The quantitative estimate of drug-likeness (QED) is 0.0310. The molecule has 9 rings (SSSR count). The average Bonchev–Trinajstić information content (AvgIpc) is 1.72. The lowest BCUT2D eigenvalue weighted by atomic mass is 9.76. The minimum absolute atomic E-state index is 0.0246. The van der Waals surface area contributed by atoms with Crippen LogP contribution in [-0.2, 0) is 62.4 Å². The van der Waals surface area contributed by atoms with Gasteiger partial charge in [0, 0.05) is 95.7 Å². The Morgan fingerprint density at radius 2 is 0.748 bits per heavy atom. The van der Waals surface area contributed by atoms with Crippen LogP contribution in [0.3, 0.4) is 0 Å². The summed E-state index contributed by atoms with van der Waals surface area (Å²) in [5.74, 6) is -2.85. The molecule has 8 N–H and O–H groups in total. The summed E-state index contributed by atoms with van der Waals surface area (Å²) in [6.45, 7) is 26.9. The van der Waals surface area contributed by atoms with Crippen molar-refractivity contribution in [1.29, 1.82) is 0 Å². The van der Waals surface area contributed by atoms with Gasteiger partial charge < -0.3 is 46.6 Å². The number of carboxylic acids is 1. The van der Waals surface area contributed by atoms with Gasteiger partial charge in [0.15, 0.2) is 17.3 Å². The Morgan fingerprint density at radius 1 is 0.466 bits per heavy atom. The van der Waals surface area contributed by atoms with Crippen LogP contribution >= 0.6 is 34.0 Å². The van der Waals surface area contributed by atoms with Gasteiger partial charge in [0.2, 0.25) is 17.7 Å². The third-order valence-corrected chi connectivity index (χ3v) is 22.3. The normalized spacial score (nSPS) is 19.0. The summed E-state index contributed by atoms with van der Waals surface area (Å²) in [6, 6.07) is 21.8. The van der Waals surface area contributed by atoms with Crippen LogP contribution in [-0.4, -0.2) is 171 Å². The molecule has 103 heavy (non-hydrogen) atoms. The van der Waals surface area contributed by atoms with Gasteiger partial charge in [-0.15, -0.1) is 34.0 Å². The van der Waals surface area contributed by atoms with Gasteiger partial charge in [-0.3, -0.25) is 43.2 Å². The van der Waals surface area contributed by atoms with E-state index in [0.29, 0.717) is 38.5 Å². The number of hydrogen-bond acceptors (Lipinski definition) is 20. The fourth-order valence-electron chi connectivity index (χ4n) is 12.8. The number of likely N-dealkylation sites (tertiary alicyclic amines) is 3. The predicted octanol–water partition coefficient (Wildman–Crippen LogP) is 11.2. The fourth-order valence-corrected chi connectivity index (χ4v) is 15.2. The van der Waals surface area contributed by atoms with E-state index in [9.17, 15) is 58.5 Å². The number of carbonyl (C=O) groups excluding carboxylic acids is 8. The molecule has 24 heteroatoms. The largest absolute Gasteiger partial charge is 0.481 e. The average molecular weight is 1470 g/mol. The summed E-state index contributed by atoms with van der Waals surface area (Å²) in [5, 5.41) is 38.4. The number of carboxylic acid groups (broad SMARTS) is 1. The number of aliphatic hydroxyl groups excluding tert-OH is 3. The first kappa shape index (κ1) is 84.5. The number of Topliss-reactive ketones (excluding diaryl/α,β-unsaturated/α-hetero) is 5. The third kappa shape index (κ3) is 24.1. The summed E-state index contributed by atoms with van der Waals surface area (Å²) in [6.07, 6.45) is 2.07. The Labute approximate surface area is 619 Å². The number of hydrogen-bond donors (Lipinski definition) is 6. The molecule has 6 aromatic rings. The Balaban J connectivity index is 0.000000235.